The zero-order chi connectivity index (χ0) is 20.3. The Morgan fingerprint density at radius 2 is 1.86 bits per heavy atom. The van der Waals surface area contributed by atoms with E-state index >= 15 is 0 Å². The molecule has 0 radical (unpaired) electrons. The standard InChI is InChI=1S/C19H17F3N4OS/c1-12-6-3-4-9-16(12)26-13(2)24-25-18(26)28-11-17(27)23-15-8-5-7-14(10-15)19(20,21)22/h3-10H,11H2,1-2H3,(H,23,27). The first-order valence-corrected chi connectivity index (χ1v) is 9.32. The molecular formula is C19H17F3N4OS. The number of thioether (sulfide) groups is 1. The van der Waals surface area contributed by atoms with Gasteiger partial charge in [-0.2, -0.15) is 13.2 Å². The molecule has 1 heterocycles. The maximum Gasteiger partial charge on any atom is 0.416 e. The number of para-hydroxylation sites is 1. The topological polar surface area (TPSA) is 59.8 Å². The van der Waals surface area contributed by atoms with Crippen LogP contribution in [0.3, 0.4) is 0 Å². The fourth-order valence-corrected chi connectivity index (χ4v) is 3.42. The third-order valence-corrected chi connectivity index (χ3v) is 4.89. The maximum atomic E-state index is 12.8. The van der Waals surface area contributed by atoms with Gasteiger partial charge in [0.1, 0.15) is 5.82 Å². The van der Waals surface area contributed by atoms with E-state index < -0.39 is 17.6 Å². The third kappa shape index (κ3) is 4.53. The van der Waals surface area contributed by atoms with Crippen molar-refractivity contribution in [2.45, 2.75) is 25.2 Å². The Kier molecular flexibility index (Phi) is 5.73. The van der Waals surface area contributed by atoms with Crippen LogP contribution >= 0.6 is 11.8 Å². The van der Waals surface area contributed by atoms with E-state index in [1.165, 1.54) is 12.1 Å². The monoisotopic (exact) mass is 406 g/mol. The summed E-state index contributed by atoms with van der Waals surface area (Å²) in [6.07, 6.45) is -4.46. The summed E-state index contributed by atoms with van der Waals surface area (Å²) in [4.78, 5) is 12.2. The van der Waals surface area contributed by atoms with Crippen molar-refractivity contribution in [1.29, 1.82) is 0 Å². The smallest absolute Gasteiger partial charge is 0.325 e. The Morgan fingerprint density at radius 1 is 1.11 bits per heavy atom. The van der Waals surface area contributed by atoms with E-state index in [9.17, 15) is 18.0 Å². The largest absolute Gasteiger partial charge is 0.416 e. The van der Waals surface area contributed by atoms with Gasteiger partial charge in [0.25, 0.3) is 0 Å². The number of hydrogen-bond acceptors (Lipinski definition) is 4. The Labute approximate surface area is 164 Å². The van der Waals surface area contributed by atoms with Gasteiger partial charge in [-0.15, -0.1) is 10.2 Å². The number of carbonyl (C=O) groups is 1. The first kappa shape index (κ1) is 19.9. The van der Waals surface area contributed by atoms with Gasteiger partial charge in [-0.3, -0.25) is 9.36 Å². The highest BCUT2D eigenvalue weighted by Crippen LogP contribution is 2.31. The van der Waals surface area contributed by atoms with E-state index in [1.54, 1.807) is 0 Å². The van der Waals surface area contributed by atoms with Crippen LogP contribution in [0.15, 0.2) is 53.7 Å². The Bertz CT molecular complexity index is 1000. The number of nitrogens with zero attached hydrogens (tertiary/aromatic N) is 3. The molecule has 0 aliphatic rings. The lowest BCUT2D eigenvalue weighted by atomic mass is 10.2. The molecular weight excluding hydrogens is 389 g/mol. The average molecular weight is 406 g/mol. The van der Waals surface area contributed by atoms with Crippen molar-refractivity contribution < 1.29 is 18.0 Å². The van der Waals surface area contributed by atoms with E-state index in [0.29, 0.717) is 11.0 Å². The number of carbonyl (C=O) groups excluding carboxylic acids is 1. The second-order valence-electron chi connectivity index (χ2n) is 6.07. The molecule has 0 unspecified atom stereocenters. The second kappa shape index (κ2) is 8.05. The molecule has 5 nitrogen and oxygen atoms in total. The predicted octanol–water partition coefficient (Wildman–Crippen LogP) is 4.63. The van der Waals surface area contributed by atoms with Crippen LogP contribution in [0.5, 0.6) is 0 Å². The molecule has 1 amide bonds. The molecule has 1 N–H and O–H groups in total. The number of nitrogens with one attached hydrogen (secondary N) is 1. The number of halogens is 3. The number of benzene rings is 2. The van der Waals surface area contributed by atoms with Crippen LogP contribution in [0.25, 0.3) is 5.69 Å². The molecule has 0 bridgehead atoms. The zero-order valence-corrected chi connectivity index (χ0v) is 15.9. The Hall–Kier alpha value is -2.81. The SMILES string of the molecule is Cc1ccccc1-n1c(C)nnc1SCC(=O)Nc1cccc(C(F)(F)F)c1. The third-order valence-electron chi connectivity index (χ3n) is 3.96. The molecule has 146 valence electrons. The molecule has 0 saturated carbocycles. The molecule has 0 atom stereocenters. The zero-order valence-electron chi connectivity index (χ0n) is 15.1. The quantitative estimate of drug-likeness (QED) is 0.628. The van der Waals surface area contributed by atoms with Gasteiger partial charge < -0.3 is 5.32 Å². The summed E-state index contributed by atoms with van der Waals surface area (Å²) in [5.74, 6) is 0.233. The van der Waals surface area contributed by atoms with Gasteiger partial charge in [0.15, 0.2) is 5.16 Å². The van der Waals surface area contributed by atoms with Crippen LogP contribution in [0.4, 0.5) is 18.9 Å². The van der Waals surface area contributed by atoms with E-state index in [1.807, 2.05) is 42.7 Å². The highest BCUT2D eigenvalue weighted by atomic mass is 32.2. The fraction of sp³-hybridized carbons (Fsp3) is 0.211. The lowest BCUT2D eigenvalue weighted by Crippen LogP contribution is -2.15. The minimum Gasteiger partial charge on any atom is -0.325 e. The van der Waals surface area contributed by atoms with Crippen molar-refractivity contribution in [2.75, 3.05) is 11.1 Å². The van der Waals surface area contributed by atoms with Crippen LogP contribution in [0.1, 0.15) is 17.0 Å². The number of amides is 1. The number of alkyl halides is 3. The van der Waals surface area contributed by atoms with Crippen LogP contribution in [0.2, 0.25) is 0 Å². The number of hydrogen-bond donors (Lipinski definition) is 1. The van der Waals surface area contributed by atoms with E-state index in [4.69, 9.17) is 0 Å². The summed E-state index contributed by atoms with van der Waals surface area (Å²) < 4.78 is 40.2. The molecule has 0 saturated heterocycles. The predicted molar refractivity (Wildman–Crippen MR) is 102 cm³/mol. The van der Waals surface area contributed by atoms with Crippen molar-refractivity contribution in [2.24, 2.45) is 0 Å². The van der Waals surface area contributed by atoms with Crippen LogP contribution in [-0.4, -0.2) is 26.4 Å². The number of aryl methyl sites for hydroxylation is 2. The number of aromatic nitrogens is 3. The van der Waals surface area contributed by atoms with Crippen molar-refractivity contribution in [3.8, 4) is 5.69 Å². The minimum absolute atomic E-state index is 0.0136. The lowest BCUT2D eigenvalue weighted by Gasteiger charge is -2.11. The van der Waals surface area contributed by atoms with Gasteiger partial charge in [0.2, 0.25) is 5.91 Å². The van der Waals surface area contributed by atoms with Crippen molar-refractivity contribution >= 4 is 23.4 Å². The molecule has 2 aromatic carbocycles. The molecule has 0 fully saturated rings. The van der Waals surface area contributed by atoms with E-state index in [0.717, 1.165) is 35.1 Å². The van der Waals surface area contributed by atoms with Crippen molar-refractivity contribution in [1.82, 2.24) is 14.8 Å². The molecule has 3 rings (SSSR count). The van der Waals surface area contributed by atoms with Crippen LogP contribution in [0, 0.1) is 13.8 Å². The molecule has 9 heteroatoms. The summed E-state index contributed by atoms with van der Waals surface area (Å²) in [6, 6.07) is 12.2. The Morgan fingerprint density at radius 3 is 2.57 bits per heavy atom. The molecule has 0 aliphatic carbocycles. The highest BCUT2D eigenvalue weighted by molar-refractivity contribution is 7.99. The summed E-state index contributed by atoms with van der Waals surface area (Å²) in [7, 11) is 0. The number of rotatable bonds is 5. The molecule has 0 spiro atoms. The molecule has 28 heavy (non-hydrogen) atoms. The van der Waals surface area contributed by atoms with Crippen molar-refractivity contribution in [3.63, 3.8) is 0 Å². The molecule has 3 aromatic rings. The van der Waals surface area contributed by atoms with Gasteiger partial charge in [-0.25, -0.2) is 0 Å². The van der Waals surface area contributed by atoms with E-state index in [2.05, 4.69) is 15.5 Å². The van der Waals surface area contributed by atoms with Crippen LogP contribution in [-0.2, 0) is 11.0 Å². The van der Waals surface area contributed by atoms with Gasteiger partial charge in [-0.05, 0) is 43.7 Å². The molecule has 0 aliphatic heterocycles. The van der Waals surface area contributed by atoms with Gasteiger partial charge >= 0.3 is 6.18 Å². The van der Waals surface area contributed by atoms with Gasteiger partial charge in [0, 0.05) is 5.69 Å². The molecule has 1 aromatic heterocycles. The maximum absolute atomic E-state index is 12.8. The minimum atomic E-state index is -4.46. The first-order chi connectivity index (χ1) is 13.3. The van der Waals surface area contributed by atoms with Gasteiger partial charge in [-0.1, -0.05) is 36.0 Å². The average Bonchev–Trinajstić information content (AvgIpc) is 3.00. The Balaban J connectivity index is 1.71. The normalized spacial score (nSPS) is 11.5. The second-order valence-corrected chi connectivity index (χ2v) is 7.01. The number of anilines is 1. The van der Waals surface area contributed by atoms with Crippen LogP contribution < -0.4 is 5.32 Å². The summed E-state index contributed by atoms with van der Waals surface area (Å²) >= 11 is 1.16. The highest BCUT2D eigenvalue weighted by Gasteiger charge is 2.30. The van der Waals surface area contributed by atoms with E-state index in [-0.39, 0.29) is 11.4 Å². The summed E-state index contributed by atoms with van der Waals surface area (Å²) in [6.45, 7) is 3.77. The van der Waals surface area contributed by atoms with Crippen molar-refractivity contribution in [3.05, 3.63) is 65.5 Å². The summed E-state index contributed by atoms with van der Waals surface area (Å²) in [5.41, 5.74) is 1.22. The first-order valence-electron chi connectivity index (χ1n) is 8.33. The van der Waals surface area contributed by atoms with Gasteiger partial charge in [0.05, 0.1) is 17.0 Å². The fourth-order valence-electron chi connectivity index (χ4n) is 2.63. The summed E-state index contributed by atoms with van der Waals surface area (Å²) in [5, 5.41) is 11.2. The lowest BCUT2D eigenvalue weighted by molar-refractivity contribution is -0.137.